The quantitative estimate of drug-likeness (QED) is 0.693. The summed E-state index contributed by atoms with van der Waals surface area (Å²) in [6.45, 7) is 0. The van der Waals surface area contributed by atoms with Crippen molar-refractivity contribution in [1.82, 2.24) is 10.2 Å². The average Bonchev–Trinajstić information content (AvgIpc) is 2.89. The highest BCUT2D eigenvalue weighted by Crippen LogP contribution is 2.41. The molecule has 4 atom stereocenters. The molecule has 2 heterocycles. The summed E-state index contributed by atoms with van der Waals surface area (Å²) >= 11 is 0. The smallest absolute Gasteiger partial charge is 0.320 e. The van der Waals surface area contributed by atoms with Crippen molar-refractivity contribution in [2.75, 3.05) is 0 Å². The number of likely N-dealkylation sites (tertiary alicyclic amines) is 1. The Balaban J connectivity index is 1.88. The molecule has 3 aliphatic rings. The molecule has 6 heteroatoms. The van der Waals surface area contributed by atoms with E-state index in [9.17, 15) is 19.5 Å². The topological polar surface area (TPSA) is 86.7 Å². The van der Waals surface area contributed by atoms with Crippen LogP contribution in [0.5, 0.6) is 0 Å². The van der Waals surface area contributed by atoms with Crippen LogP contribution in [0, 0.1) is 5.92 Å². The third-order valence-corrected chi connectivity index (χ3v) is 4.73. The van der Waals surface area contributed by atoms with Crippen molar-refractivity contribution in [3.05, 3.63) is 0 Å². The Kier molecular flexibility index (Phi) is 3.05. The van der Waals surface area contributed by atoms with Crippen LogP contribution >= 0.6 is 0 Å². The first kappa shape index (κ1) is 12.6. The van der Waals surface area contributed by atoms with Gasteiger partial charge in [0.1, 0.15) is 6.04 Å². The summed E-state index contributed by atoms with van der Waals surface area (Å²) in [5.74, 6) is -1.14. The lowest BCUT2D eigenvalue weighted by atomic mass is 9.84. The molecule has 0 radical (unpaired) electrons. The van der Waals surface area contributed by atoms with Crippen LogP contribution in [0.15, 0.2) is 0 Å². The zero-order valence-electron chi connectivity index (χ0n) is 10.7. The van der Waals surface area contributed by atoms with Crippen LogP contribution in [0.3, 0.4) is 0 Å². The molecule has 1 aliphatic carbocycles. The fourth-order valence-electron chi connectivity index (χ4n) is 3.95. The first-order chi connectivity index (χ1) is 9.08. The number of imide groups is 1. The Morgan fingerprint density at radius 3 is 2.63 bits per heavy atom. The van der Waals surface area contributed by atoms with Crippen LogP contribution in [0.25, 0.3) is 0 Å². The van der Waals surface area contributed by atoms with E-state index in [0.29, 0.717) is 12.3 Å². The molecule has 0 spiro atoms. The third kappa shape index (κ3) is 2.04. The average molecular weight is 266 g/mol. The molecule has 104 valence electrons. The van der Waals surface area contributed by atoms with Gasteiger partial charge in [-0.3, -0.25) is 24.6 Å². The monoisotopic (exact) mass is 266 g/mol. The second-order valence-electron chi connectivity index (χ2n) is 5.78. The van der Waals surface area contributed by atoms with E-state index in [2.05, 4.69) is 5.32 Å². The summed E-state index contributed by atoms with van der Waals surface area (Å²) < 4.78 is 0. The lowest BCUT2D eigenvalue weighted by Crippen LogP contribution is -2.51. The Morgan fingerprint density at radius 1 is 1.26 bits per heavy atom. The number of hydrogen-bond acceptors (Lipinski definition) is 4. The second kappa shape index (κ2) is 4.59. The van der Waals surface area contributed by atoms with Crippen molar-refractivity contribution in [2.45, 2.75) is 56.7 Å². The van der Waals surface area contributed by atoms with Crippen LogP contribution in [0.4, 0.5) is 0 Å². The standard InChI is InChI=1S/C13H18N2O4/c16-11-6-9(12(17)14-11)15-8-4-2-1-3-7(8)5-10(15)13(18)19/h7-10H,1-6H2,(H,18,19)(H,14,16,17). The van der Waals surface area contributed by atoms with Crippen LogP contribution in [0.1, 0.15) is 38.5 Å². The molecule has 19 heavy (non-hydrogen) atoms. The molecule has 2 aliphatic heterocycles. The molecule has 1 saturated carbocycles. The lowest BCUT2D eigenvalue weighted by molar-refractivity contribution is -0.144. The van der Waals surface area contributed by atoms with Crippen molar-refractivity contribution in [3.63, 3.8) is 0 Å². The molecule has 0 aromatic carbocycles. The number of fused-ring (bicyclic) bond motifs is 1. The Bertz CT molecular complexity index is 436. The lowest BCUT2D eigenvalue weighted by Gasteiger charge is -2.35. The van der Waals surface area contributed by atoms with Crippen molar-refractivity contribution in [1.29, 1.82) is 0 Å². The van der Waals surface area contributed by atoms with Crippen LogP contribution in [-0.4, -0.2) is 45.9 Å². The molecule has 4 unspecified atom stereocenters. The first-order valence-electron chi connectivity index (χ1n) is 6.92. The number of carbonyl (C=O) groups is 3. The van der Waals surface area contributed by atoms with Gasteiger partial charge in [0.05, 0.1) is 12.5 Å². The Labute approximate surface area is 111 Å². The van der Waals surface area contributed by atoms with Gasteiger partial charge in [-0.15, -0.1) is 0 Å². The van der Waals surface area contributed by atoms with E-state index in [1.165, 1.54) is 0 Å². The van der Waals surface area contributed by atoms with Gasteiger partial charge in [0.15, 0.2) is 0 Å². The maximum atomic E-state index is 11.8. The molecule has 0 aromatic rings. The molecule has 2 saturated heterocycles. The first-order valence-corrected chi connectivity index (χ1v) is 6.92. The number of carboxylic acids is 1. The fraction of sp³-hybridized carbons (Fsp3) is 0.769. The van der Waals surface area contributed by atoms with Gasteiger partial charge in [-0.05, 0) is 25.2 Å². The van der Waals surface area contributed by atoms with Crippen molar-refractivity contribution < 1.29 is 19.5 Å². The SMILES string of the molecule is O=C1CC(N2C(C(=O)O)CC3CCCCC32)C(=O)N1. The van der Waals surface area contributed by atoms with E-state index >= 15 is 0 Å². The molecule has 3 rings (SSSR count). The van der Waals surface area contributed by atoms with Gasteiger partial charge in [0.25, 0.3) is 0 Å². The maximum absolute atomic E-state index is 11.8. The van der Waals surface area contributed by atoms with E-state index in [-0.39, 0.29) is 24.3 Å². The molecular formula is C13H18N2O4. The zero-order valence-corrected chi connectivity index (χ0v) is 10.7. The largest absolute Gasteiger partial charge is 0.480 e. The van der Waals surface area contributed by atoms with Gasteiger partial charge in [0.2, 0.25) is 11.8 Å². The molecule has 0 bridgehead atoms. The predicted octanol–water partition coefficient (Wildman–Crippen LogP) is 0.119. The summed E-state index contributed by atoms with van der Waals surface area (Å²) in [5, 5.41) is 11.7. The van der Waals surface area contributed by atoms with Gasteiger partial charge in [-0.25, -0.2) is 0 Å². The van der Waals surface area contributed by atoms with Crippen LogP contribution in [-0.2, 0) is 14.4 Å². The normalized spacial score (nSPS) is 39.2. The number of amides is 2. The molecular weight excluding hydrogens is 248 g/mol. The van der Waals surface area contributed by atoms with Crippen LogP contribution in [0.2, 0.25) is 0 Å². The van der Waals surface area contributed by atoms with Gasteiger partial charge >= 0.3 is 5.97 Å². The van der Waals surface area contributed by atoms with Crippen molar-refractivity contribution >= 4 is 17.8 Å². The number of hydrogen-bond donors (Lipinski definition) is 2. The van der Waals surface area contributed by atoms with E-state index in [4.69, 9.17) is 0 Å². The number of carboxylic acid groups (broad SMARTS) is 1. The van der Waals surface area contributed by atoms with E-state index in [0.717, 1.165) is 25.7 Å². The molecule has 2 N–H and O–H groups in total. The summed E-state index contributed by atoms with van der Waals surface area (Å²) in [6, 6.07) is -1.05. The molecule has 6 nitrogen and oxygen atoms in total. The third-order valence-electron chi connectivity index (χ3n) is 4.73. The Hall–Kier alpha value is -1.43. The Morgan fingerprint density at radius 2 is 2.00 bits per heavy atom. The molecule has 2 amide bonds. The minimum Gasteiger partial charge on any atom is -0.480 e. The molecule has 0 aromatic heterocycles. The zero-order chi connectivity index (χ0) is 13.6. The molecule has 3 fully saturated rings. The number of nitrogens with one attached hydrogen (secondary N) is 1. The minimum atomic E-state index is -0.874. The van der Waals surface area contributed by atoms with Crippen LogP contribution < -0.4 is 5.32 Å². The second-order valence-corrected chi connectivity index (χ2v) is 5.78. The number of nitrogens with zero attached hydrogens (tertiary/aromatic N) is 1. The van der Waals surface area contributed by atoms with E-state index < -0.39 is 18.1 Å². The van der Waals surface area contributed by atoms with Gasteiger partial charge < -0.3 is 5.11 Å². The van der Waals surface area contributed by atoms with Gasteiger partial charge in [-0.1, -0.05) is 12.8 Å². The highest BCUT2D eigenvalue weighted by molar-refractivity contribution is 6.05. The highest BCUT2D eigenvalue weighted by atomic mass is 16.4. The van der Waals surface area contributed by atoms with E-state index in [1.807, 2.05) is 4.90 Å². The summed E-state index contributed by atoms with van der Waals surface area (Å²) in [7, 11) is 0. The van der Waals surface area contributed by atoms with Crippen molar-refractivity contribution in [3.8, 4) is 0 Å². The maximum Gasteiger partial charge on any atom is 0.320 e. The number of rotatable bonds is 2. The minimum absolute atomic E-state index is 0.103. The predicted molar refractivity (Wildman–Crippen MR) is 65.2 cm³/mol. The number of aliphatic carboxylic acids is 1. The summed E-state index contributed by atoms with van der Waals surface area (Å²) in [6.07, 6.45) is 4.90. The number of carbonyl (C=O) groups excluding carboxylic acids is 2. The highest BCUT2D eigenvalue weighted by Gasteiger charge is 2.51. The summed E-state index contributed by atoms with van der Waals surface area (Å²) in [4.78, 5) is 36.5. The van der Waals surface area contributed by atoms with E-state index in [1.54, 1.807) is 0 Å². The summed E-state index contributed by atoms with van der Waals surface area (Å²) in [5.41, 5.74) is 0. The van der Waals surface area contributed by atoms with Crippen molar-refractivity contribution in [2.24, 2.45) is 5.92 Å². The van der Waals surface area contributed by atoms with Gasteiger partial charge in [-0.2, -0.15) is 0 Å². The fourth-order valence-corrected chi connectivity index (χ4v) is 3.95. The van der Waals surface area contributed by atoms with Gasteiger partial charge in [0, 0.05) is 6.04 Å².